The molecule has 0 N–H and O–H groups in total. The third kappa shape index (κ3) is 3.53. The van der Waals surface area contributed by atoms with Crippen LogP contribution in [0, 0.1) is 11.6 Å². The number of esters is 1. The van der Waals surface area contributed by atoms with Gasteiger partial charge in [-0.3, -0.25) is 9.59 Å². The fourth-order valence-electron chi connectivity index (χ4n) is 4.21. The average Bonchev–Trinajstić information content (AvgIpc) is 3.12. The fraction of sp³-hybridized carbons (Fsp3) is 0.115. The van der Waals surface area contributed by atoms with Crippen LogP contribution in [0.3, 0.4) is 0 Å². The molecule has 0 unspecified atom stereocenters. The molecule has 0 spiro atoms. The van der Waals surface area contributed by atoms with Crippen molar-refractivity contribution in [3.63, 3.8) is 0 Å². The molecule has 3 aromatic carbocycles. The Morgan fingerprint density at radius 3 is 2.32 bits per heavy atom. The zero-order chi connectivity index (χ0) is 24.0. The molecule has 170 valence electrons. The summed E-state index contributed by atoms with van der Waals surface area (Å²) in [5.41, 5.74) is 1.14. The van der Waals surface area contributed by atoms with Gasteiger partial charge in [-0.15, -0.1) is 0 Å². The number of nitrogens with zero attached hydrogens (tertiary/aromatic N) is 1. The number of carbonyl (C=O) groups is 2. The summed E-state index contributed by atoms with van der Waals surface area (Å²) in [6.45, 7) is 0.0663. The van der Waals surface area contributed by atoms with Gasteiger partial charge in [0, 0.05) is 6.54 Å². The lowest BCUT2D eigenvalue weighted by molar-refractivity contribution is 0.0599. The number of carbonyl (C=O) groups excluding carboxylic acids is 2. The Morgan fingerprint density at radius 1 is 0.971 bits per heavy atom. The highest BCUT2D eigenvalue weighted by Gasteiger charge is 2.42. The Morgan fingerprint density at radius 2 is 1.65 bits per heavy atom. The van der Waals surface area contributed by atoms with Crippen molar-refractivity contribution in [1.82, 2.24) is 4.90 Å². The number of benzene rings is 3. The second-order valence-corrected chi connectivity index (χ2v) is 7.89. The van der Waals surface area contributed by atoms with Crippen molar-refractivity contribution in [3.05, 3.63) is 117 Å². The van der Waals surface area contributed by atoms with Gasteiger partial charge in [0.25, 0.3) is 5.91 Å². The van der Waals surface area contributed by atoms with E-state index in [0.717, 1.165) is 12.1 Å². The first kappa shape index (κ1) is 21.5. The van der Waals surface area contributed by atoms with Crippen molar-refractivity contribution in [2.24, 2.45) is 0 Å². The lowest BCUT2D eigenvalue weighted by atomic mass is 9.97. The quantitative estimate of drug-likeness (QED) is 0.415. The Bertz CT molecular complexity index is 1490. The first-order valence-electron chi connectivity index (χ1n) is 10.4. The highest BCUT2D eigenvalue weighted by atomic mass is 19.1. The van der Waals surface area contributed by atoms with E-state index in [1.54, 1.807) is 24.3 Å². The van der Waals surface area contributed by atoms with E-state index in [0.29, 0.717) is 16.7 Å². The van der Waals surface area contributed by atoms with Gasteiger partial charge >= 0.3 is 5.97 Å². The van der Waals surface area contributed by atoms with Gasteiger partial charge in [-0.05, 0) is 53.6 Å². The predicted molar refractivity (Wildman–Crippen MR) is 118 cm³/mol. The van der Waals surface area contributed by atoms with E-state index in [1.165, 1.54) is 42.3 Å². The van der Waals surface area contributed by atoms with Crippen LogP contribution in [-0.2, 0) is 11.3 Å². The Balaban J connectivity index is 1.68. The van der Waals surface area contributed by atoms with E-state index in [4.69, 9.17) is 9.15 Å². The van der Waals surface area contributed by atoms with Gasteiger partial charge < -0.3 is 14.1 Å². The van der Waals surface area contributed by atoms with E-state index in [-0.39, 0.29) is 28.8 Å². The van der Waals surface area contributed by atoms with Crippen molar-refractivity contribution in [1.29, 1.82) is 0 Å². The predicted octanol–water partition coefficient (Wildman–Crippen LogP) is 4.60. The highest BCUT2D eigenvalue weighted by Crippen LogP contribution is 2.39. The monoisotopic (exact) mass is 461 g/mol. The van der Waals surface area contributed by atoms with Gasteiger partial charge in [0.05, 0.1) is 29.7 Å². The van der Waals surface area contributed by atoms with E-state index in [2.05, 4.69) is 0 Å². The molecule has 6 nitrogen and oxygen atoms in total. The lowest BCUT2D eigenvalue weighted by Crippen LogP contribution is -2.29. The number of halogens is 2. The van der Waals surface area contributed by atoms with Crippen LogP contribution in [0.15, 0.2) is 75.9 Å². The Labute approximate surface area is 192 Å². The minimum absolute atomic E-state index is 0.0198. The molecule has 0 fully saturated rings. The van der Waals surface area contributed by atoms with E-state index < -0.39 is 35.0 Å². The summed E-state index contributed by atoms with van der Waals surface area (Å²) in [5.74, 6) is -2.21. The number of hydrogen-bond donors (Lipinski definition) is 0. The number of rotatable bonds is 4. The molecule has 1 atom stereocenters. The lowest BCUT2D eigenvalue weighted by Gasteiger charge is -2.25. The molecule has 1 aliphatic rings. The van der Waals surface area contributed by atoms with Crippen LogP contribution in [0.1, 0.15) is 43.6 Å². The first-order chi connectivity index (χ1) is 16.4. The van der Waals surface area contributed by atoms with Gasteiger partial charge in [0.1, 0.15) is 17.2 Å². The molecule has 8 heteroatoms. The molecule has 0 aliphatic carbocycles. The number of amides is 1. The maximum absolute atomic E-state index is 13.9. The maximum atomic E-state index is 13.9. The molecule has 1 amide bonds. The molecule has 4 aromatic rings. The second kappa shape index (κ2) is 8.22. The molecular formula is C26H17F2NO5. The SMILES string of the molecule is COC(=O)c1ccc([C@@H]2c3c(oc4ccc(F)cc4c3=O)C(=O)N2Cc2ccc(F)cc2)cc1. The van der Waals surface area contributed by atoms with Crippen LogP contribution in [0.5, 0.6) is 0 Å². The van der Waals surface area contributed by atoms with Crippen LogP contribution >= 0.6 is 0 Å². The van der Waals surface area contributed by atoms with Gasteiger partial charge in [-0.2, -0.15) is 0 Å². The molecule has 0 saturated carbocycles. The summed E-state index contributed by atoms with van der Waals surface area (Å²) in [7, 11) is 1.27. The minimum atomic E-state index is -0.858. The van der Waals surface area contributed by atoms with Crippen LogP contribution in [-0.4, -0.2) is 23.9 Å². The van der Waals surface area contributed by atoms with Crippen LogP contribution < -0.4 is 5.43 Å². The molecule has 2 heterocycles. The Kier molecular flexibility index (Phi) is 5.20. The first-order valence-corrected chi connectivity index (χ1v) is 10.4. The summed E-state index contributed by atoms with van der Waals surface area (Å²) in [5, 5.41) is 0.0198. The largest absolute Gasteiger partial charge is 0.465 e. The summed E-state index contributed by atoms with van der Waals surface area (Å²) < 4.78 is 37.8. The molecule has 0 saturated heterocycles. The Hall–Kier alpha value is -4.33. The van der Waals surface area contributed by atoms with Crippen molar-refractivity contribution in [2.75, 3.05) is 7.11 Å². The standard InChI is InChI=1S/C26H17F2NO5/c1-33-26(32)16-6-4-15(5-7-16)22-21-23(30)19-12-18(28)10-11-20(19)34-24(21)25(31)29(22)13-14-2-8-17(27)9-3-14/h2-12,22H,13H2,1H3/t22-/m1/s1. The fourth-order valence-corrected chi connectivity index (χ4v) is 4.21. The normalized spacial score (nSPS) is 15.0. The summed E-state index contributed by atoms with van der Waals surface area (Å²) in [4.78, 5) is 40.1. The number of fused-ring (bicyclic) bond motifs is 2. The maximum Gasteiger partial charge on any atom is 0.337 e. The van der Waals surface area contributed by atoms with Crippen LogP contribution in [0.4, 0.5) is 8.78 Å². The van der Waals surface area contributed by atoms with Crippen molar-refractivity contribution < 1.29 is 27.5 Å². The van der Waals surface area contributed by atoms with Gasteiger partial charge in [0.15, 0.2) is 5.43 Å². The number of methoxy groups -OCH3 is 1. The van der Waals surface area contributed by atoms with Gasteiger partial charge in [-0.25, -0.2) is 13.6 Å². The van der Waals surface area contributed by atoms with Crippen molar-refractivity contribution in [2.45, 2.75) is 12.6 Å². The molecule has 34 heavy (non-hydrogen) atoms. The van der Waals surface area contributed by atoms with Crippen molar-refractivity contribution in [3.8, 4) is 0 Å². The third-order valence-corrected chi connectivity index (χ3v) is 5.84. The van der Waals surface area contributed by atoms with E-state index >= 15 is 0 Å². The third-order valence-electron chi connectivity index (χ3n) is 5.84. The van der Waals surface area contributed by atoms with Crippen LogP contribution in [0.2, 0.25) is 0 Å². The zero-order valence-electron chi connectivity index (χ0n) is 17.9. The second-order valence-electron chi connectivity index (χ2n) is 7.89. The highest BCUT2D eigenvalue weighted by molar-refractivity contribution is 5.99. The van der Waals surface area contributed by atoms with Crippen LogP contribution in [0.25, 0.3) is 11.0 Å². The van der Waals surface area contributed by atoms with Gasteiger partial charge in [0.2, 0.25) is 5.76 Å². The number of hydrogen-bond acceptors (Lipinski definition) is 5. The zero-order valence-corrected chi connectivity index (χ0v) is 17.9. The summed E-state index contributed by atoms with van der Waals surface area (Å²) in [6, 6.07) is 14.6. The minimum Gasteiger partial charge on any atom is -0.465 e. The molecular weight excluding hydrogens is 444 g/mol. The topological polar surface area (TPSA) is 76.8 Å². The summed E-state index contributed by atoms with van der Waals surface area (Å²) >= 11 is 0. The average molecular weight is 461 g/mol. The van der Waals surface area contributed by atoms with E-state index in [1.807, 2.05) is 0 Å². The molecule has 5 rings (SSSR count). The van der Waals surface area contributed by atoms with Crippen molar-refractivity contribution >= 4 is 22.8 Å². The molecule has 1 aromatic heterocycles. The molecule has 0 bridgehead atoms. The summed E-state index contributed by atoms with van der Waals surface area (Å²) in [6.07, 6.45) is 0. The van der Waals surface area contributed by atoms with Gasteiger partial charge in [-0.1, -0.05) is 24.3 Å². The van der Waals surface area contributed by atoms with E-state index in [9.17, 15) is 23.2 Å². The smallest absolute Gasteiger partial charge is 0.337 e. The number of ether oxygens (including phenoxy) is 1. The molecule has 0 radical (unpaired) electrons. The molecule has 1 aliphatic heterocycles.